The number of pyridine rings is 1. The van der Waals surface area contributed by atoms with E-state index in [-0.39, 0.29) is 0 Å². The summed E-state index contributed by atoms with van der Waals surface area (Å²) in [6, 6.07) is 5.07. The second-order valence-corrected chi connectivity index (χ2v) is 5.98. The molecule has 2 fully saturated rings. The first-order chi connectivity index (χ1) is 9.88. The van der Waals surface area contributed by atoms with Gasteiger partial charge in [0.2, 0.25) is 0 Å². The third kappa shape index (κ3) is 2.96. The van der Waals surface area contributed by atoms with Crippen LogP contribution in [0.2, 0.25) is 0 Å². The molecule has 0 unspecified atom stereocenters. The molecule has 4 nitrogen and oxygen atoms in total. The van der Waals surface area contributed by atoms with Gasteiger partial charge in [0.1, 0.15) is 5.82 Å². The monoisotopic (exact) mass is 274 g/mol. The summed E-state index contributed by atoms with van der Waals surface area (Å²) in [4.78, 5) is 9.77. The molecule has 4 heteroatoms. The number of hydrogen-bond acceptors (Lipinski definition) is 4. The second kappa shape index (κ2) is 6.55. The van der Waals surface area contributed by atoms with Crippen molar-refractivity contribution in [3.05, 3.63) is 23.9 Å². The van der Waals surface area contributed by atoms with Gasteiger partial charge >= 0.3 is 0 Å². The standard InChI is InChI=1S/C16H26N4/c1-17-13-14-5-4-8-18-16(14)20-11-9-19(10-12-20)15-6-2-3-7-15/h4-5,8,15,17H,2-3,6-7,9-13H2,1H3. The Morgan fingerprint density at radius 3 is 2.65 bits per heavy atom. The van der Waals surface area contributed by atoms with Crippen LogP contribution in [0.5, 0.6) is 0 Å². The Labute approximate surface area is 122 Å². The zero-order chi connectivity index (χ0) is 13.8. The topological polar surface area (TPSA) is 31.4 Å². The minimum Gasteiger partial charge on any atom is -0.354 e. The third-order valence-electron chi connectivity index (χ3n) is 4.69. The normalized spacial score (nSPS) is 21.6. The van der Waals surface area contributed by atoms with Crippen LogP contribution in [0.1, 0.15) is 31.2 Å². The molecule has 1 aromatic rings. The molecule has 0 radical (unpaired) electrons. The van der Waals surface area contributed by atoms with E-state index in [0.717, 1.165) is 25.7 Å². The number of piperazine rings is 1. The first-order valence-electron chi connectivity index (χ1n) is 7.96. The molecular formula is C16H26N4. The SMILES string of the molecule is CNCc1cccnc1N1CCN(C2CCCC2)CC1. The van der Waals surface area contributed by atoms with E-state index < -0.39 is 0 Å². The van der Waals surface area contributed by atoms with Crippen LogP contribution in [-0.4, -0.2) is 49.2 Å². The number of nitrogens with one attached hydrogen (secondary N) is 1. The van der Waals surface area contributed by atoms with Crippen LogP contribution in [0.3, 0.4) is 0 Å². The largest absolute Gasteiger partial charge is 0.354 e. The fourth-order valence-electron chi connectivity index (χ4n) is 3.61. The summed E-state index contributed by atoms with van der Waals surface area (Å²) in [7, 11) is 1.99. The molecule has 0 aromatic carbocycles. The lowest BCUT2D eigenvalue weighted by molar-refractivity contribution is 0.187. The summed E-state index contributed by atoms with van der Waals surface area (Å²) >= 11 is 0. The maximum Gasteiger partial charge on any atom is 0.133 e. The molecule has 1 saturated heterocycles. The zero-order valence-corrected chi connectivity index (χ0v) is 12.5. The predicted octanol–water partition coefficient (Wildman–Crippen LogP) is 1.87. The molecule has 1 aliphatic heterocycles. The van der Waals surface area contributed by atoms with Gasteiger partial charge in [0.15, 0.2) is 0 Å². The van der Waals surface area contributed by atoms with Gasteiger partial charge in [-0.15, -0.1) is 0 Å². The average Bonchev–Trinajstić information content (AvgIpc) is 3.03. The van der Waals surface area contributed by atoms with Gasteiger partial charge in [0.05, 0.1) is 0 Å². The molecule has 1 aromatic heterocycles. The van der Waals surface area contributed by atoms with Crippen LogP contribution in [-0.2, 0) is 6.54 Å². The minimum absolute atomic E-state index is 0.859. The number of anilines is 1. The van der Waals surface area contributed by atoms with Gasteiger partial charge in [-0.3, -0.25) is 4.90 Å². The van der Waals surface area contributed by atoms with Crippen LogP contribution in [0, 0.1) is 0 Å². The van der Waals surface area contributed by atoms with E-state index in [9.17, 15) is 0 Å². The Kier molecular flexibility index (Phi) is 4.53. The van der Waals surface area contributed by atoms with Crippen LogP contribution in [0.25, 0.3) is 0 Å². The molecule has 110 valence electrons. The number of rotatable bonds is 4. The van der Waals surface area contributed by atoms with E-state index in [1.165, 1.54) is 50.2 Å². The first kappa shape index (κ1) is 13.8. The van der Waals surface area contributed by atoms with Crippen LogP contribution in [0.15, 0.2) is 18.3 Å². The van der Waals surface area contributed by atoms with Crippen molar-refractivity contribution >= 4 is 5.82 Å². The van der Waals surface area contributed by atoms with Crippen molar-refractivity contribution in [2.75, 3.05) is 38.1 Å². The highest BCUT2D eigenvalue weighted by molar-refractivity contribution is 5.47. The average molecular weight is 274 g/mol. The molecule has 0 bridgehead atoms. The van der Waals surface area contributed by atoms with Crippen molar-refractivity contribution in [1.82, 2.24) is 15.2 Å². The van der Waals surface area contributed by atoms with Crippen LogP contribution in [0.4, 0.5) is 5.82 Å². The molecule has 0 atom stereocenters. The Morgan fingerprint density at radius 1 is 1.20 bits per heavy atom. The molecule has 1 saturated carbocycles. The lowest BCUT2D eigenvalue weighted by Gasteiger charge is -2.39. The molecule has 1 aliphatic carbocycles. The van der Waals surface area contributed by atoms with Gasteiger partial charge < -0.3 is 10.2 Å². The van der Waals surface area contributed by atoms with Gasteiger partial charge in [-0.2, -0.15) is 0 Å². The van der Waals surface area contributed by atoms with E-state index in [4.69, 9.17) is 0 Å². The Bertz CT molecular complexity index is 420. The molecule has 0 amide bonds. The number of aromatic nitrogens is 1. The maximum atomic E-state index is 4.61. The van der Waals surface area contributed by atoms with Gasteiger partial charge in [-0.05, 0) is 26.0 Å². The maximum absolute atomic E-state index is 4.61. The Morgan fingerprint density at radius 2 is 1.95 bits per heavy atom. The fourth-order valence-corrected chi connectivity index (χ4v) is 3.61. The van der Waals surface area contributed by atoms with Gasteiger partial charge in [0, 0.05) is 50.5 Å². The quantitative estimate of drug-likeness (QED) is 0.908. The highest BCUT2D eigenvalue weighted by Gasteiger charge is 2.27. The number of hydrogen-bond donors (Lipinski definition) is 1. The lowest BCUT2D eigenvalue weighted by Crippen LogP contribution is -2.50. The Hall–Kier alpha value is -1.13. The van der Waals surface area contributed by atoms with E-state index in [2.05, 4.69) is 26.2 Å². The highest BCUT2D eigenvalue weighted by atomic mass is 15.3. The summed E-state index contributed by atoms with van der Waals surface area (Å²) in [6.07, 6.45) is 7.59. The van der Waals surface area contributed by atoms with Crippen LogP contribution >= 0.6 is 0 Å². The molecular weight excluding hydrogens is 248 g/mol. The van der Waals surface area contributed by atoms with Crippen molar-refractivity contribution in [2.45, 2.75) is 38.3 Å². The lowest BCUT2D eigenvalue weighted by atomic mass is 10.1. The summed E-state index contributed by atoms with van der Waals surface area (Å²) in [5.74, 6) is 1.17. The van der Waals surface area contributed by atoms with Gasteiger partial charge in [0.25, 0.3) is 0 Å². The van der Waals surface area contributed by atoms with Crippen molar-refractivity contribution in [2.24, 2.45) is 0 Å². The molecule has 20 heavy (non-hydrogen) atoms. The smallest absolute Gasteiger partial charge is 0.133 e. The molecule has 2 aliphatic rings. The molecule has 3 rings (SSSR count). The minimum atomic E-state index is 0.859. The highest BCUT2D eigenvalue weighted by Crippen LogP contribution is 2.26. The van der Waals surface area contributed by atoms with Crippen molar-refractivity contribution in [1.29, 1.82) is 0 Å². The summed E-state index contributed by atoms with van der Waals surface area (Å²) in [5, 5.41) is 3.24. The first-order valence-corrected chi connectivity index (χ1v) is 7.96. The van der Waals surface area contributed by atoms with E-state index in [1.54, 1.807) is 0 Å². The summed E-state index contributed by atoms with van der Waals surface area (Å²) < 4.78 is 0. The molecule has 2 heterocycles. The summed E-state index contributed by atoms with van der Waals surface area (Å²) in [6.45, 7) is 5.51. The van der Waals surface area contributed by atoms with E-state index >= 15 is 0 Å². The van der Waals surface area contributed by atoms with E-state index in [1.807, 2.05) is 19.3 Å². The van der Waals surface area contributed by atoms with Crippen LogP contribution < -0.4 is 10.2 Å². The van der Waals surface area contributed by atoms with E-state index in [0.29, 0.717) is 0 Å². The fraction of sp³-hybridized carbons (Fsp3) is 0.688. The van der Waals surface area contributed by atoms with Gasteiger partial charge in [-0.25, -0.2) is 4.98 Å². The van der Waals surface area contributed by atoms with Crippen molar-refractivity contribution in [3.8, 4) is 0 Å². The van der Waals surface area contributed by atoms with Crippen molar-refractivity contribution in [3.63, 3.8) is 0 Å². The predicted molar refractivity (Wildman–Crippen MR) is 83.0 cm³/mol. The molecule has 0 spiro atoms. The Balaban J connectivity index is 1.62. The zero-order valence-electron chi connectivity index (χ0n) is 12.5. The second-order valence-electron chi connectivity index (χ2n) is 5.98. The molecule has 1 N–H and O–H groups in total. The number of nitrogens with zero attached hydrogens (tertiary/aromatic N) is 3. The third-order valence-corrected chi connectivity index (χ3v) is 4.69. The van der Waals surface area contributed by atoms with Crippen molar-refractivity contribution < 1.29 is 0 Å². The summed E-state index contributed by atoms with van der Waals surface area (Å²) in [5.41, 5.74) is 1.31. The van der Waals surface area contributed by atoms with Gasteiger partial charge in [-0.1, -0.05) is 18.9 Å².